The first-order chi connectivity index (χ1) is 14.9. The van der Waals surface area contributed by atoms with E-state index in [1.807, 2.05) is 0 Å². The van der Waals surface area contributed by atoms with E-state index in [9.17, 15) is 13.2 Å². The Balaban J connectivity index is 1.52. The lowest BCUT2D eigenvalue weighted by Gasteiger charge is -2.11. The summed E-state index contributed by atoms with van der Waals surface area (Å²) in [4.78, 5) is 18.2. The van der Waals surface area contributed by atoms with Gasteiger partial charge in [0.25, 0.3) is 10.0 Å². The van der Waals surface area contributed by atoms with Gasteiger partial charge in [0.2, 0.25) is 5.82 Å². The van der Waals surface area contributed by atoms with E-state index in [4.69, 9.17) is 14.0 Å². The molecule has 10 nitrogen and oxygen atoms in total. The molecule has 0 bridgehead atoms. The van der Waals surface area contributed by atoms with Crippen LogP contribution in [0.1, 0.15) is 23.5 Å². The summed E-state index contributed by atoms with van der Waals surface area (Å²) < 4.78 is 43.6. The van der Waals surface area contributed by atoms with Gasteiger partial charge in [-0.05, 0) is 31.0 Å². The molecule has 1 saturated heterocycles. The Hall–Kier alpha value is -3.12. The highest BCUT2D eigenvalue weighted by molar-refractivity contribution is 7.94. The number of nitrogens with zero attached hydrogens (tertiary/aromatic N) is 3. The number of amides is 1. The number of hydrogen-bond acceptors (Lipinski definition) is 9. The average Bonchev–Trinajstić information content (AvgIpc) is 3.54. The number of ether oxygens (including phenoxy) is 2. The molecule has 1 amide bonds. The van der Waals surface area contributed by atoms with Crippen LogP contribution in [0.3, 0.4) is 0 Å². The molecule has 4 rings (SSSR count). The van der Waals surface area contributed by atoms with Gasteiger partial charge >= 0.3 is 11.8 Å². The number of methoxy groups -OCH3 is 2. The summed E-state index contributed by atoms with van der Waals surface area (Å²) in [6.45, 7) is 1.33. The van der Waals surface area contributed by atoms with Gasteiger partial charge in [-0.25, -0.2) is 8.42 Å². The Morgan fingerprint density at radius 3 is 2.61 bits per heavy atom. The molecule has 3 heterocycles. The summed E-state index contributed by atoms with van der Waals surface area (Å²) in [7, 11) is -0.892. The van der Waals surface area contributed by atoms with E-state index < -0.39 is 10.0 Å². The zero-order chi connectivity index (χ0) is 22.0. The van der Waals surface area contributed by atoms with E-state index in [2.05, 4.69) is 14.9 Å². The topological polar surface area (TPSA) is 124 Å². The molecule has 0 atom stereocenters. The Morgan fingerprint density at radius 1 is 1.16 bits per heavy atom. The Morgan fingerprint density at radius 2 is 1.90 bits per heavy atom. The minimum Gasteiger partial charge on any atom is -0.493 e. The van der Waals surface area contributed by atoms with Crippen LogP contribution >= 0.6 is 11.3 Å². The highest BCUT2D eigenvalue weighted by atomic mass is 32.2. The third-order valence-electron chi connectivity index (χ3n) is 4.74. The molecule has 3 aromatic rings. The molecule has 2 aromatic heterocycles. The number of anilines is 1. The zero-order valence-electron chi connectivity index (χ0n) is 16.8. The fourth-order valence-electron chi connectivity index (χ4n) is 3.16. The number of sulfonamides is 1. The van der Waals surface area contributed by atoms with Crippen molar-refractivity contribution in [1.29, 1.82) is 0 Å². The number of carbonyl (C=O) groups is 1. The highest BCUT2D eigenvalue weighted by Gasteiger charge is 2.26. The lowest BCUT2D eigenvalue weighted by atomic mass is 10.3. The molecular weight excluding hydrogens is 444 g/mol. The van der Waals surface area contributed by atoms with Gasteiger partial charge in [0.1, 0.15) is 4.21 Å². The molecule has 164 valence electrons. The normalized spacial score (nSPS) is 13.9. The maximum atomic E-state index is 12.8. The molecule has 1 fully saturated rings. The second kappa shape index (κ2) is 8.55. The van der Waals surface area contributed by atoms with E-state index in [-0.39, 0.29) is 21.8 Å². The van der Waals surface area contributed by atoms with E-state index >= 15 is 0 Å². The van der Waals surface area contributed by atoms with Crippen molar-refractivity contribution in [1.82, 2.24) is 15.0 Å². The standard InChI is InChI=1S/C19H20N4O6S2/c1-27-14-6-5-13(10-15(14)28-2)22-31(25,26)16-9-12(11-30-16)17-20-18(29-21-17)19(24)23-7-3-4-8-23/h5-6,9-11,22H,3-4,7-8H2,1-2H3. The molecule has 0 saturated carbocycles. The number of nitrogens with one attached hydrogen (secondary N) is 1. The smallest absolute Gasteiger partial charge is 0.316 e. The van der Waals surface area contributed by atoms with Crippen molar-refractivity contribution in [2.45, 2.75) is 17.1 Å². The number of rotatable bonds is 7. The van der Waals surface area contributed by atoms with E-state index in [0.29, 0.717) is 35.8 Å². The van der Waals surface area contributed by atoms with Crippen LogP contribution in [0, 0.1) is 0 Å². The van der Waals surface area contributed by atoms with Crippen LogP contribution in [-0.4, -0.2) is 56.7 Å². The largest absolute Gasteiger partial charge is 0.493 e. The van der Waals surface area contributed by atoms with Crippen molar-refractivity contribution in [2.24, 2.45) is 0 Å². The number of carbonyl (C=O) groups excluding carboxylic acids is 1. The lowest BCUT2D eigenvalue weighted by molar-refractivity contribution is 0.0743. The number of thiophene rings is 1. The third-order valence-corrected chi connectivity index (χ3v) is 7.56. The summed E-state index contributed by atoms with van der Waals surface area (Å²) in [5, 5.41) is 5.42. The van der Waals surface area contributed by atoms with Crippen molar-refractivity contribution in [3.63, 3.8) is 0 Å². The Bertz CT molecular complexity index is 1200. The summed E-state index contributed by atoms with van der Waals surface area (Å²) in [6.07, 6.45) is 1.90. The van der Waals surface area contributed by atoms with Gasteiger partial charge in [-0.15, -0.1) is 11.3 Å². The van der Waals surface area contributed by atoms with Crippen LogP contribution in [0.25, 0.3) is 11.4 Å². The molecule has 1 aliphatic heterocycles. The third kappa shape index (κ3) is 4.35. The summed E-state index contributed by atoms with van der Waals surface area (Å²) >= 11 is 1.01. The van der Waals surface area contributed by atoms with Crippen LogP contribution in [0.4, 0.5) is 5.69 Å². The number of hydrogen-bond donors (Lipinski definition) is 1. The van der Waals surface area contributed by atoms with Crippen molar-refractivity contribution >= 4 is 33.0 Å². The second-order valence-corrected chi connectivity index (χ2v) is 9.57. The number of likely N-dealkylation sites (tertiary alicyclic amines) is 1. The monoisotopic (exact) mass is 464 g/mol. The maximum absolute atomic E-state index is 12.8. The van der Waals surface area contributed by atoms with Gasteiger partial charge in [-0.3, -0.25) is 9.52 Å². The minimum absolute atomic E-state index is 0.0644. The van der Waals surface area contributed by atoms with E-state index in [0.717, 1.165) is 24.2 Å². The highest BCUT2D eigenvalue weighted by Crippen LogP contribution is 2.32. The molecule has 12 heteroatoms. The fourth-order valence-corrected chi connectivity index (χ4v) is 5.37. The van der Waals surface area contributed by atoms with Crippen molar-refractivity contribution in [3.05, 3.63) is 35.5 Å². The quantitative estimate of drug-likeness (QED) is 0.566. The molecule has 0 spiro atoms. The molecular formula is C19H20N4O6S2. The molecule has 1 aromatic carbocycles. The van der Waals surface area contributed by atoms with Crippen LogP contribution in [0.15, 0.2) is 38.4 Å². The van der Waals surface area contributed by atoms with Gasteiger partial charge in [0.05, 0.1) is 19.9 Å². The van der Waals surface area contributed by atoms with Gasteiger partial charge in [0.15, 0.2) is 11.5 Å². The molecule has 1 aliphatic rings. The summed E-state index contributed by atoms with van der Waals surface area (Å²) in [5.41, 5.74) is 0.771. The first kappa shape index (κ1) is 21.1. The first-order valence-electron chi connectivity index (χ1n) is 9.38. The van der Waals surface area contributed by atoms with Crippen LogP contribution in [0.2, 0.25) is 0 Å². The summed E-state index contributed by atoms with van der Waals surface area (Å²) in [6, 6.07) is 6.14. The minimum atomic E-state index is -3.86. The number of aromatic nitrogens is 2. The van der Waals surface area contributed by atoms with Crippen LogP contribution < -0.4 is 14.2 Å². The van der Waals surface area contributed by atoms with Crippen molar-refractivity contribution in [3.8, 4) is 22.9 Å². The lowest BCUT2D eigenvalue weighted by Crippen LogP contribution is -2.27. The molecule has 0 unspecified atom stereocenters. The molecule has 0 radical (unpaired) electrons. The van der Waals surface area contributed by atoms with Crippen molar-refractivity contribution in [2.75, 3.05) is 32.0 Å². The average molecular weight is 465 g/mol. The molecule has 0 aliphatic carbocycles. The summed E-state index contributed by atoms with van der Waals surface area (Å²) in [5.74, 6) is 0.633. The molecule has 1 N–H and O–H groups in total. The predicted molar refractivity (Wildman–Crippen MR) is 113 cm³/mol. The van der Waals surface area contributed by atoms with Gasteiger partial charge in [0, 0.05) is 30.1 Å². The second-order valence-electron chi connectivity index (χ2n) is 6.75. The number of benzene rings is 1. The zero-order valence-corrected chi connectivity index (χ0v) is 18.5. The van der Waals surface area contributed by atoms with Gasteiger partial charge < -0.3 is 18.9 Å². The first-order valence-corrected chi connectivity index (χ1v) is 11.7. The predicted octanol–water partition coefficient (Wildman–Crippen LogP) is 2.85. The Labute approximate surface area is 182 Å². The van der Waals surface area contributed by atoms with E-state index in [1.165, 1.54) is 26.4 Å². The maximum Gasteiger partial charge on any atom is 0.316 e. The Kier molecular flexibility index (Phi) is 5.83. The van der Waals surface area contributed by atoms with Gasteiger partial charge in [-0.1, -0.05) is 5.16 Å². The fraction of sp³-hybridized carbons (Fsp3) is 0.316. The van der Waals surface area contributed by atoms with Crippen LogP contribution in [-0.2, 0) is 10.0 Å². The van der Waals surface area contributed by atoms with Crippen LogP contribution in [0.5, 0.6) is 11.5 Å². The molecule has 31 heavy (non-hydrogen) atoms. The van der Waals surface area contributed by atoms with Gasteiger partial charge in [-0.2, -0.15) is 4.98 Å². The van der Waals surface area contributed by atoms with E-state index in [1.54, 1.807) is 22.4 Å². The van der Waals surface area contributed by atoms with Crippen molar-refractivity contribution < 1.29 is 27.2 Å². The SMILES string of the molecule is COc1ccc(NS(=O)(=O)c2cc(-c3noc(C(=O)N4CCCC4)n3)cs2)cc1OC.